The molecule has 0 amide bonds. The zero-order valence-electron chi connectivity index (χ0n) is 10.1. The van der Waals surface area contributed by atoms with Crippen molar-refractivity contribution in [2.45, 2.75) is 27.7 Å². The molecule has 1 heterocycles. The van der Waals surface area contributed by atoms with Gasteiger partial charge in [-0.1, -0.05) is 13.8 Å². The van der Waals surface area contributed by atoms with Gasteiger partial charge >= 0.3 is 0 Å². The lowest BCUT2D eigenvalue weighted by Crippen LogP contribution is -2.12. The molecule has 0 aliphatic rings. The molecule has 0 aromatic carbocycles. The van der Waals surface area contributed by atoms with Crippen molar-refractivity contribution in [2.75, 3.05) is 19.0 Å². The first-order valence-corrected chi connectivity index (χ1v) is 5.17. The summed E-state index contributed by atoms with van der Waals surface area (Å²) in [6.45, 7) is 9.05. The highest BCUT2D eigenvalue weighted by atomic mass is 16.5. The summed E-state index contributed by atoms with van der Waals surface area (Å²) in [5.41, 5.74) is 0.962. The summed E-state index contributed by atoms with van der Waals surface area (Å²) >= 11 is 0. The summed E-state index contributed by atoms with van der Waals surface area (Å²) in [6, 6.07) is 0. The van der Waals surface area contributed by atoms with Gasteiger partial charge in [0.1, 0.15) is 11.6 Å². The highest BCUT2D eigenvalue weighted by Gasteiger charge is 2.09. The molecule has 0 saturated heterocycles. The van der Waals surface area contributed by atoms with Crippen LogP contribution in [-0.2, 0) is 0 Å². The van der Waals surface area contributed by atoms with E-state index >= 15 is 0 Å². The van der Waals surface area contributed by atoms with Crippen LogP contribution < -0.4 is 10.1 Å². The fraction of sp³-hybridized carbons (Fsp3) is 0.636. The SMILES string of the molecule is COc1nc(C)nc(NCC(C)C)c1C. The summed E-state index contributed by atoms with van der Waals surface area (Å²) in [6.07, 6.45) is 0. The molecule has 0 fully saturated rings. The van der Waals surface area contributed by atoms with Gasteiger partial charge in [-0.2, -0.15) is 4.98 Å². The summed E-state index contributed by atoms with van der Waals surface area (Å²) in [4.78, 5) is 8.56. The van der Waals surface area contributed by atoms with E-state index in [1.807, 2.05) is 13.8 Å². The molecule has 84 valence electrons. The van der Waals surface area contributed by atoms with Crippen LogP contribution in [0.25, 0.3) is 0 Å². The van der Waals surface area contributed by atoms with E-state index < -0.39 is 0 Å². The van der Waals surface area contributed by atoms with Crippen LogP contribution in [-0.4, -0.2) is 23.6 Å². The lowest BCUT2D eigenvalue weighted by atomic mass is 10.2. The van der Waals surface area contributed by atoms with Gasteiger partial charge in [0.05, 0.1) is 12.7 Å². The van der Waals surface area contributed by atoms with E-state index in [1.54, 1.807) is 7.11 Å². The molecule has 0 saturated carbocycles. The van der Waals surface area contributed by atoms with Crippen LogP contribution in [0.4, 0.5) is 5.82 Å². The second-order valence-electron chi connectivity index (χ2n) is 4.03. The van der Waals surface area contributed by atoms with Crippen molar-refractivity contribution in [2.24, 2.45) is 5.92 Å². The van der Waals surface area contributed by atoms with E-state index in [2.05, 4.69) is 29.1 Å². The van der Waals surface area contributed by atoms with E-state index in [0.29, 0.717) is 11.8 Å². The molecule has 1 aromatic heterocycles. The summed E-state index contributed by atoms with van der Waals surface area (Å²) in [7, 11) is 1.63. The molecular formula is C11H19N3O. The third kappa shape index (κ3) is 3.08. The van der Waals surface area contributed by atoms with Crippen LogP contribution in [0, 0.1) is 19.8 Å². The number of ether oxygens (including phenoxy) is 1. The highest BCUT2D eigenvalue weighted by Crippen LogP contribution is 2.21. The van der Waals surface area contributed by atoms with Crippen LogP contribution in [0.3, 0.4) is 0 Å². The van der Waals surface area contributed by atoms with E-state index in [-0.39, 0.29) is 0 Å². The van der Waals surface area contributed by atoms with Crippen LogP contribution in [0.15, 0.2) is 0 Å². The van der Waals surface area contributed by atoms with Gasteiger partial charge < -0.3 is 10.1 Å². The van der Waals surface area contributed by atoms with Gasteiger partial charge in [0.2, 0.25) is 5.88 Å². The minimum atomic E-state index is 0.589. The Labute approximate surface area is 91.1 Å². The summed E-state index contributed by atoms with van der Waals surface area (Å²) < 4.78 is 5.18. The first-order chi connectivity index (χ1) is 7.04. The smallest absolute Gasteiger partial charge is 0.221 e. The topological polar surface area (TPSA) is 47.0 Å². The number of aromatic nitrogens is 2. The standard InChI is InChI=1S/C11H19N3O/c1-7(2)6-12-10-8(3)11(15-5)14-9(4)13-10/h7H,6H2,1-5H3,(H,12,13,14). The monoisotopic (exact) mass is 209 g/mol. The molecule has 4 heteroatoms. The Kier molecular flexibility index (Phi) is 3.88. The molecule has 1 N–H and O–H groups in total. The molecule has 0 atom stereocenters. The third-order valence-electron chi connectivity index (χ3n) is 2.08. The molecule has 4 nitrogen and oxygen atoms in total. The van der Waals surface area contributed by atoms with Crippen LogP contribution >= 0.6 is 0 Å². The largest absolute Gasteiger partial charge is 0.481 e. The van der Waals surface area contributed by atoms with Gasteiger partial charge in [-0.3, -0.25) is 0 Å². The molecule has 0 spiro atoms. The van der Waals surface area contributed by atoms with E-state index in [1.165, 1.54) is 0 Å². The Bertz CT molecular complexity index is 337. The van der Waals surface area contributed by atoms with Crippen molar-refractivity contribution in [3.05, 3.63) is 11.4 Å². The Morgan fingerprint density at radius 2 is 1.93 bits per heavy atom. The molecule has 1 rings (SSSR count). The van der Waals surface area contributed by atoms with Crippen molar-refractivity contribution in [1.82, 2.24) is 9.97 Å². The van der Waals surface area contributed by atoms with Crippen molar-refractivity contribution >= 4 is 5.82 Å². The normalized spacial score (nSPS) is 10.5. The van der Waals surface area contributed by atoms with Gasteiger partial charge in [-0.25, -0.2) is 4.98 Å². The maximum Gasteiger partial charge on any atom is 0.221 e. The zero-order valence-corrected chi connectivity index (χ0v) is 10.1. The van der Waals surface area contributed by atoms with Crippen LogP contribution in [0.2, 0.25) is 0 Å². The number of rotatable bonds is 4. The maximum atomic E-state index is 5.18. The predicted octanol–water partition coefficient (Wildman–Crippen LogP) is 2.17. The average Bonchev–Trinajstić information content (AvgIpc) is 2.18. The number of anilines is 1. The average molecular weight is 209 g/mol. The van der Waals surface area contributed by atoms with Crippen molar-refractivity contribution in [3.63, 3.8) is 0 Å². The van der Waals surface area contributed by atoms with Gasteiger partial charge in [-0.15, -0.1) is 0 Å². The van der Waals surface area contributed by atoms with Crippen LogP contribution in [0.5, 0.6) is 5.88 Å². The Balaban J connectivity index is 2.91. The molecule has 1 aromatic rings. The quantitative estimate of drug-likeness (QED) is 0.825. The Morgan fingerprint density at radius 1 is 1.27 bits per heavy atom. The molecule has 15 heavy (non-hydrogen) atoms. The Morgan fingerprint density at radius 3 is 2.47 bits per heavy atom. The van der Waals surface area contributed by atoms with E-state index in [4.69, 9.17) is 4.74 Å². The minimum absolute atomic E-state index is 0.589. The molecule has 0 unspecified atom stereocenters. The molecule has 0 bridgehead atoms. The number of nitrogens with zero attached hydrogens (tertiary/aromatic N) is 2. The number of hydrogen-bond acceptors (Lipinski definition) is 4. The predicted molar refractivity (Wildman–Crippen MR) is 61.4 cm³/mol. The van der Waals surface area contributed by atoms with E-state index in [0.717, 1.165) is 23.8 Å². The molecule has 0 aliphatic heterocycles. The van der Waals surface area contributed by atoms with Crippen molar-refractivity contribution in [1.29, 1.82) is 0 Å². The first kappa shape index (κ1) is 11.8. The fourth-order valence-corrected chi connectivity index (χ4v) is 1.27. The number of aryl methyl sites for hydroxylation is 1. The van der Waals surface area contributed by atoms with Gasteiger partial charge in [0.15, 0.2) is 0 Å². The first-order valence-electron chi connectivity index (χ1n) is 5.17. The third-order valence-corrected chi connectivity index (χ3v) is 2.08. The minimum Gasteiger partial charge on any atom is -0.481 e. The molecule has 0 radical (unpaired) electrons. The van der Waals surface area contributed by atoms with Crippen LogP contribution in [0.1, 0.15) is 25.2 Å². The van der Waals surface area contributed by atoms with Crippen molar-refractivity contribution < 1.29 is 4.74 Å². The summed E-state index contributed by atoms with van der Waals surface area (Å²) in [5.74, 6) is 2.83. The van der Waals surface area contributed by atoms with Gasteiger partial charge in [-0.05, 0) is 19.8 Å². The second-order valence-corrected chi connectivity index (χ2v) is 4.03. The number of methoxy groups -OCH3 is 1. The highest BCUT2D eigenvalue weighted by molar-refractivity contribution is 5.48. The Hall–Kier alpha value is -1.32. The lowest BCUT2D eigenvalue weighted by molar-refractivity contribution is 0.392. The zero-order chi connectivity index (χ0) is 11.4. The van der Waals surface area contributed by atoms with Crippen molar-refractivity contribution in [3.8, 4) is 5.88 Å². The number of hydrogen-bond donors (Lipinski definition) is 1. The van der Waals surface area contributed by atoms with Gasteiger partial charge in [0, 0.05) is 6.54 Å². The number of nitrogens with one attached hydrogen (secondary N) is 1. The fourth-order valence-electron chi connectivity index (χ4n) is 1.27. The molecular weight excluding hydrogens is 190 g/mol. The van der Waals surface area contributed by atoms with E-state index in [9.17, 15) is 0 Å². The van der Waals surface area contributed by atoms with Gasteiger partial charge in [0.25, 0.3) is 0 Å². The summed E-state index contributed by atoms with van der Waals surface area (Å²) in [5, 5.41) is 3.30. The molecule has 0 aliphatic carbocycles. The maximum absolute atomic E-state index is 5.18. The lowest BCUT2D eigenvalue weighted by Gasteiger charge is -2.13. The second kappa shape index (κ2) is 4.96.